The van der Waals surface area contributed by atoms with Crippen LogP contribution in [0, 0.1) is 5.92 Å². The summed E-state index contributed by atoms with van der Waals surface area (Å²) in [7, 11) is 0. The molecule has 2 heterocycles. The summed E-state index contributed by atoms with van der Waals surface area (Å²) < 4.78 is 8.42. The highest BCUT2D eigenvalue weighted by atomic mass is 79.9. The van der Waals surface area contributed by atoms with Gasteiger partial charge in [0.1, 0.15) is 6.61 Å². The molecule has 35 heavy (non-hydrogen) atoms. The number of ether oxygens (including phenoxy) is 1. The number of halogens is 1. The van der Waals surface area contributed by atoms with E-state index in [-0.39, 0.29) is 12.7 Å². The first-order valence-corrected chi connectivity index (χ1v) is 12.9. The van der Waals surface area contributed by atoms with Crippen LogP contribution >= 0.6 is 15.9 Å². The molecule has 0 bridgehead atoms. The maximum Gasteiger partial charge on any atom is 0.407 e. The lowest BCUT2D eigenvalue weighted by Gasteiger charge is -2.35. The zero-order valence-corrected chi connectivity index (χ0v) is 20.8. The molecule has 2 aliphatic rings. The van der Waals surface area contributed by atoms with E-state index in [1.54, 1.807) is 0 Å². The van der Waals surface area contributed by atoms with Crippen molar-refractivity contribution in [2.75, 3.05) is 6.54 Å². The lowest BCUT2D eigenvalue weighted by Crippen LogP contribution is -2.37. The highest BCUT2D eigenvalue weighted by molar-refractivity contribution is 9.10. The van der Waals surface area contributed by atoms with Crippen LogP contribution in [0.1, 0.15) is 48.9 Å². The van der Waals surface area contributed by atoms with E-state index in [2.05, 4.69) is 37.1 Å². The van der Waals surface area contributed by atoms with Gasteiger partial charge in [0.15, 0.2) is 0 Å². The van der Waals surface area contributed by atoms with Crippen molar-refractivity contribution in [2.45, 2.75) is 44.2 Å². The van der Waals surface area contributed by atoms with Gasteiger partial charge in [-0.2, -0.15) is 5.10 Å². The Morgan fingerprint density at radius 2 is 1.94 bits per heavy atom. The van der Waals surface area contributed by atoms with Crippen LogP contribution in [-0.2, 0) is 11.3 Å². The van der Waals surface area contributed by atoms with Gasteiger partial charge in [-0.1, -0.05) is 46.3 Å². The van der Waals surface area contributed by atoms with Crippen molar-refractivity contribution in [2.24, 2.45) is 5.92 Å². The van der Waals surface area contributed by atoms with Gasteiger partial charge in [0.25, 0.3) is 0 Å². The number of benzene rings is 2. The Labute approximate surface area is 212 Å². The Kier molecular flexibility index (Phi) is 5.98. The average molecular weight is 532 g/mol. The number of alkyl carbamates (subject to hydrolysis) is 1. The van der Waals surface area contributed by atoms with Crippen LogP contribution in [0.3, 0.4) is 0 Å². The Bertz CT molecular complexity index is 1360. The molecule has 1 amide bonds. The van der Waals surface area contributed by atoms with E-state index < -0.39 is 0 Å². The summed E-state index contributed by atoms with van der Waals surface area (Å²) in [6.45, 7) is 0.910. The molecule has 2 saturated carbocycles. The molecule has 0 atom stereocenters. The van der Waals surface area contributed by atoms with E-state index in [9.17, 15) is 4.79 Å². The van der Waals surface area contributed by atoms with Gasteiger partial charge in [0.05, 0.1) is 34.7 Å². The third-order valence-corrected chi connectivity index (χ3v) is 7.33. The molecule has 2 aromatic heterocycles. The summed E-state index contributed by atoms with van der Waals surface area (Å²) in [5.74, 6) is 0.947. The average Bonchev–Trinajstić information content (AvgIpc) is 3.61. The monoisotopic (exact) mass is 531 g/mol. The second-order valence-electron chi connectivity index (χ2n) is 9.50. The molecular formula is C27H26BrN5O2. The normalized spacial score (nSPS) is 19.3. The van der Waals surface area contributed by atoms with Crippen LogP contribution in [0.15, 0.2) is 65.4 Å². The molecule has 6 rings (SSSR count). The number of hydrogen-bond donors (Lipinski definition) is 1. The molecule has 0 unspecified atom stereocenters. The zero-order valence-electron chi connectivity index (χ0n) is 19.2. The second-order valence-corrected chi connectivity index (χ2v) is 10.4. The zero-order chi connectivity index (χ0) is 23.8. The van der Waals surface area contributed by atoms with Crippen molar-refractivity contribution < 1.29 is 9.53 Å². The second kappa shape index (κ2) is 9.41. The van der Waals surface area contributed by atoms with E-state index in [1.807, 2.05) is 54.7 Å². The number of amides is 1. The van der Waals surface area contributed by atoms with Gasteiger partial charge < -0.3 is 10.1 Å². The van der Waals surface area contributed by atoms with Gasteiger partial charge in [-0.3, -0.25) is 9.67 Å². The van der Waals surface area contributed by atoms with Crippen molar-refractivity contribution in [3.8, 4) is 11.3 Å². The molecule has 0 saturated heterocycles. The summed E-state index contributed by atoms with van der Waals surface area (Å²) >= 11 is 3.53. The van der Waals surface area contributed by atoms with Gasteiger partial charge in [-0.05, 0) is 55.4 Å². The Morgan fingerprint density at radius 1 is 1.11 bits per heavy atom. The minimum Gasteiger partial charge on any atom is -0.445 e. The molecule has 8 heteroatoms. The van der Waals surface area contributed by atoms with E-state index in [0.29, 0.717) is 24.4 Å². The van der Waals surface area contributed by atoms with Crippen molar-refractivity contribution in [1.29, 1.82) is 0 Å². The first kappa shape index (κ1) is 22.2. The molecule has 4 aromatic rings. The number of nitrogens with zero attached hydrogens (tertiary/aromatic N) is 4. The van der Waals surface area contributed by atoms with Crippen molar-refractivity contribution in [3.63, 3.8) is 0 Å². The molecule has 7 nitrogen and oxygen atoms in total. The molecule has 2 aliphatic carbocycles. The van der Waals surface area contributed by atoms with E-state index >= 15 is 0 Å². The van der Waals surface area contributed by atoms with Crippen LogP contribution in [0.2, 0.25) is 0 Å². The van der Waals surface area contributed by atoms with E-state index in [1.165, 1.54) is 12.8 Å². The quantitative estimate of drug-likeness (QED) is 0.315. The molecule has 2 aromatic carbocycles. The van der Waals surface area contributed by atoms with Crippen molar-refractivity contribution >= 4 is 33.1 Å². The fourth-order valence-electron chi connectivity index (χ4n) is 4.65. The number of carbonyl (C=O) groups excluding carboxylic acids is 1. The van der Waals surface area contributed by atoms with Crippen LogP contribution in [0.4, 0.5) is 4.79 Å². The molecule has 1 N–H and O–H groups in total. The number of carbonyl (C=O) groups is 1. The molecule has 0 aliphatic heterocycles. The van der Waals surface area contributed by atoms with Gasteiger partial charge in [0.2, 0.25) is 0 Å². The fourth-order valence-corrected chi connectivity index (χ4v) is 5.00. The SMILES string of the molecule is O=C(NCC1CC(n2cc(-c3cnc4ccc(Br)cc4n3)c(C3CC3)n2)C1)OCc1ccccc1. The van der Waals surface area contributed by atoms with Crippen LogP contribution < -0.4 is 5.32 Å². The third kappa shape index (κ3) is 4.93. The maximum absolute atomic E-state index is 12.0. The largest absolute Gasteiger partial charge is 0.445 e. The smallest absolute Gasteiger partial charge is 0.407 e. The standard InChI is InChI=1S/C27H26BrN5O2/c28-20-8-9-23-24(12-20)31-25(14-29-23)22-15-33(32-26(22)19-6-7-19)21-10-18(11-21)13-30-27(34)35-16-17-4-2-1-3-5-17/h1-5,8-9,12,14-15,18-19,21H,6-7,10-11,13,16H2,(H,30,34). The van der Waals surface area contributed by atoms with Gasteiger partial charge in [0, 0.05) is 28.7 Å². The molecule has 178 valence electrons. The summed E-state index contributed by atoms with van der Waals surface area (Å²) in [6.07, 6.45) is 7.97. The van der Waals surface area contributed by atoms with Crippen LogP contribution in [0.5, 0.6) is 0 Å². The summed E-state index contributed by atoms with van der Waals surface area (Å²) in [6, 6.07) is 16.0. The third-order valence-electron chi connectivity index (χ3n) is 6.84. The first-order chi connectivity index (χ1) is 17.1. The predicted octanol–water partition coefficient (Wildman–Crippen LogP) is 6.01. The number of rotatable bonds is 7. The van der Waals surface area contributed by atoms with E-state index in [4.69, 9.17) is 14.8 Å². The minimum absolute atomic E-state index is 0.286. The molecule has 0 spiro atoms. The predicted molar refractivity (Wildman–Crippen MR) is 137 cm³/mol. The lowest BCUT2D eigenvalue weighted by atomic mass is 9.80. The first-order valence-electron chi connectivity index (χ1n) is 12.1. The highest BCUT2D eigenvalue weighted by Gasteiger charge is 2.35. The number of hydrogen-bond acceptors (Lipinski definition) is 5. The fraction of sp³-hybridized carbons (Fsp3) is 0.333. The number of aromatic nitrogens is 4. The summed E-state index contributed by atoms with van der Waals surface area (Å²) in [5, 5.41) is 7.89. The van der Waals surface area contributed by atoms with E-state index in [0.717, 1.165) is 50.9 Å². The van der Waals surface area contributed by atoms with Crippen LogP contribution in [-0.4, -0.2) is 32.4 Å². The lowest BCUT2D eigenvalue weighted by molar-refractivity contribution is 0.128. The molecule has 0 radical (unpaired) electrons. The van der Waals surface area contributed by atoms with Gasteiger partial charge in [-0.15, -0.1) is 0 Å². The van der Waals surface area contributed by atoms with Gasteiger partial charge in [-0.25, -0.2) is 9.78 Å². The number of nitrogens with one attached hydrogen (secondary N) is 1. The van der Waals surface area contributed by atoms with Crippen molar-refractivity contribution in [1.82, 2.24) is 25.1 Å². The van der Waals surface area contributed by atoms with Crippen LogP contribution in [0.25, 0.3) is 22.3 Å². The molecular weight excluding hydrogens is 506 g/mol. The van der Waals surface area contributed by atoms with Gasteiger partial charge >= 0.3 is 6.09 Å². The number of fused-ring (bicyclic) bond motifs is 1. The minimum atomic E-state index is -0.365. The Balaban J connectivity index is 1.08. The maximum atomic E-state index is 12.0. The topological polar surface area (TPSA) is 81.9 Å². The summed E-state index contributed by atoms with van der Waals surface area (Å²) in [5.41, 5.74) is 5.85. The highest BCUT2D eigenvalue weighted by Crippen LogP contribution is 2.45. The Morgan fingerprint density at radius 3 is 2.74 bits per heavy atom. The molecule has 2 fully saturated rings. The summed E-state index contributed by atoms with van der Waals surface area (Å²) in [4.78, 5) is 21.6. The Hall–Kier alpha value is -3.26. The van der Waals surface area contributed by atoms with Crippen molar-refractivity contribution in [3.05, 3.63) is 76.7 Å².